The first kappa shape index (κ1) is 25.0. The van der Waals surface area contributed by atoms with Gasteiger partial charge in [-0.25, -0.2) is 22.8 Å². The lowest BCUT2D eigenvalue weighted by atomic mass is 9.89. The summed E-state index contributed by atoms with van der Waals surface area (Å²) in [4.78, 5) is 8.97. The summed E-state index contributed by atoms with van der Waals surface area (Å²) in [7, 11) is -3.34. The minimum Gasteiger partial charge on any atom is -0.384 e. The smallest absolute Gasteiger partial charge is 0.223 e. The lowest BCUT2D eigenvalue weighted by Gasteiger charge is -2.20. The summed E-state index contributed by atoms with van der Waals surface area (Å²) in [5.74, 6) is 0.477. The van der Waals surface area contributed by atoms with E-state index >= 15 is 0 Å². The van der Waals surface area contributed by atoms with Gasteiger partial charge in [0.1, 0.15) is 5.83 Å². The summed E-state index contributed by atoms with van der Waals surface area (Å²) in [6.07, 6.45) is 11.3. The van der Waals surface area contributed by atoms with Gasteiger partial charge in [0.15, 0.2) is 0 Å². The second-order valence-electron chi connectivity index (χ2n) is 8.73. The molecule has 1 aliphatic carbocycles. The molecule has 1 aromatic heterocycles. The fraction of sp³-hybridized carbons (Fsp3) is 0.360. The quantitative estimate of drug-likeness (QED) is 0.437. The number of anilines is 1. The fourth-order valence-corrected chi connectivity index (χ4v) is 5.12. The van der Waals surface area contributed by atoms with Gasteiger partial charge in [0.2, 0.25) is 16.0 Å². The SMILES string of the molecule is CS(=O)(=O)N(CCCN)Cc1cccc(-c2ccnc(NCCC3=CNC4C=C(F)C=CC34)n2)c1. The fourth-order valence-electron chi connectivity index (χ4n) is 4.28. The molecule has 186 valence electrons. The van der Waals surface area contributed by atoms with Crippen LogP contribution in [0.3, 0.4) is 0 Å². The number of halogens is 1. The third-order valence-electron chi connectivity index (χ3n) is 6.09. The van der Waals surface area contributed by atoms with Gasteiger partial charge < -0.3 is 16.4 Å². The van der Waals surface area contributed by atoms with E-state index in [4.69, 9.17) is 5.73 Å². The number of hydrogen-bond donors (Lipinski definition) is 3. The second-order valence-corrected chi connectivity index (χ2v) is 10.7. The van der Waals surface area contributed by atoms with Crippen LogP contribution in [0.25, 0.3) is 11.3 Å². The van der Waals surface area contributed by atoms with Crippen LogP contribution in [0.2, 0.25) is 0 Å². The van der Waals surface area contributed by atoms with E-state index in [-0.39, 0.29) is 24.3 Å². The third kappa shape index (κ3) is 6.53. The summed E-state index contributed by atoms with van der Waals surface area (Å²) < 4.78 is 39.2. The molecule has 0 saturated carbocycles. The molecule has 0 saturated heterocycles. The van der Waals surface area contributed by atoms with Gasteiger partial charge in [-0.3, -0.25) is 0 Å². The molecule has 4 N–H and O–H groups in total. The number of rotatable bonds is 11. The Bertz CT molecular complexity index is 1240. The van der Waals surface area contributed by atoms with Crippen LogP contribution < -0.4 is 16.4 Å². The summed E-state index contributed by atoms with van der Waals surface area (Å²) in [6.45, 7) is 1.74. The Morgan fingerprint density at radius 1 is 1.29 bits per heavy atom. The minimum atomic E-state index is -3.34. The largest absolute Gasteiger partial charge is 0.384 e. The van der Waals surface area contributed by atoms with Crippen molar-refractivity contribution in [3.8, 4) is 11.3 Å². The van der Waals surface area contributed by atoms with Crippen molar-refractivity contribution in [2.75, 3.05) is 31.2 Å². The van der Waals surface area contributed by atoms with E-state index in [1.54, 1.807) is 12.3 Å². The van der Waals surface area contributed by atoms with Gasteiger partial charge in [-0.2, -0.15) is 4.31 Å². The molecule has 0 spiro atoms. The number of nitrogens with two attached hydrogens (primary N) is 1. The topological polar surface area (TPSA) is 113 Å². The molecular formula is C25H31FN6O2S. The number of nitrogens with zero attached hydrogens (tertiary/aromatic N) is 3. The Balaban J connectivity index is 1.39. The summed E-state index contributed by atoms with van der Waals surface area (Å²) >= 11 is 0. The van der Waals surface area contributed by atoms with Crippen molar-refractivity contribution in [1.82, 2.24) is 19.6 Å². The minimum absolute atomic E-state index is 0.0178. The molecule has 10 heteroatoms. The summed E-state index contributed by atoms with van der Waals surface area (Å²) in [6, 6.07) is 9.50. The Labute approximate surface area is 205 Å². The third-order valence-corrected chi connectivity index (χ3v) is 7.34. The molecule has 4 rings (SSSR count). The Morgan fingerprint density at radius 2 is 2.14 bits per heavy atom. The van der Waals surface area contributed by atoms with Gasteiger partial charge in [-0.15, -0.1) is 0 Å². The summed E-state index contributed by atoms with van der Waals surface area (Å²) in [5.41, 5.74) is 9.27. The van der Waals surface area contributed by atoms with Crippen LogP contribution in [-0.2, 0) is 16.6 Å². The molecule has 2 heterocycles. The predicted octanol–water partition coefficient (Wildman–Crippen LogP) is 2.95. The van der Waals surface area contributed by atoms with Gasteiger partial charge in [-0.1, -0.05) is 24.3 Å². The van der Waals surface area contributed by atoms with Crippen molar-refractivity contribution in [3.05, 3.63) is 77.9 Å². The zero-order chi connectivity index (χ0) is 24.8. The molecule has 1 aromatic carbocycles. The maximum atomic E-state index is 13.4. The number of nitrogens with one attached hydrogen (secondary N) is 2. The molecule has 0 amide bonds. The van der Waals surface area contributed by atoms with Crippen molar-refractivity contribution in [3.63, 3.8) is 0 Å². The summed E-state index contributed by atoms with van der Waals surface area (Å²) in [5, 5.41) is 6.49. The highest BCUT2D eigenvalue weighted by Gasteiger charge is 2.28. The van der Waals surface area contributed by atoms with Crippen molar-refractivity contribution in [2.45, 2.75) is 25.4 Å². The van der Waals surface area contributed by atoms with Crippen LogP contribution in [0.5, 0.6) is 0 Å². The average Bonchev–Trinajstić information content (AvgIpc) is 3.23. The molecule has 2 unspecified atom stereocenters. The van der Waals surface area contributed by atoms with Crippen LogP contribution >= 0.6 is 0 Å². The van der Waals surface area contributed by atoms with Crippen LogP contribution in [0, 0.1) is 5.92 Å². The monoisotopic (exact) mass is 498 g/mol. The van der Waals surface area contributed by atoms with Crippen LogP contribution in [0.1, 0.15) is 18.4 Å². The molecule has 35 heavy (non-hydrogen) atoms. The van der Waals surface area contributed by atoms with Gasteiger partial charge in [0.05, 0.1) is 18.0 Å². The Morgan fingerprint density at radius 3 is 2.94 bits per heavy atom. The van der Waals surface area contributed by atoms with Crippen LogP contribution in [0.4, 0.5) is 10.3 Å². The van der Waals surface area contributed by atoms with E-state index in [1.807, 2.05) is 42.6 Å². The van der Waals surface area contributed by atoms with E-state index < -0.39 is 10.0 Å². The van der Waals surface area contributed by atoms with Crippen molar-refractivity contribution in [1.29, 1.82) is 0 Å². The lowest BCUT2D eigenvalue weighted by Crippen LogP contribution is -2.31. The van der Waals surface area contributed by atoms with E-state index in [9.17, 15) is 12.8 Å². The van der Waals surface area contributed by atoms with E-state index in [0.717, 1.165) is 23.2 Å². The second kappa shape index (κ2) is 11.1. The zero-order valence-electron chi connectivity index (χ0n) is 19.7. The van der Waals surface area contributed by atoms with E-state index in [2.05, 4.69) is 20.6 Å². The molecule has 0 radical (unpaired) electrons. The van der Waals surface area contributed by atoms with Crippen LogP contribution in [-0.4, -0.2) is 54.6 Å². The highest BCUT2D eigenvalue weighted by Crippen LogP contribution is 2.30. The van der Waals surface area contributed by atoms with Crippen molar-refractivity contribution < 1.29 is 12.8 Å². The average molecular weight is 499 g/mol. The highest BCUT2D eigenvalue weighted by molar-refractivity contribution is 7.88. The molecule has 2 aromatic rings. The maximum absolute atomic E-state index is 13.4. The first-order chi connectivity index (χ1) is 16.8. The molecule has 8 nitrogen and oxygen atoms in total. The molecule has 0 bridgehead atoms. The Kier molecular flexibility index (Phi) is 7.94. The molecule has 2 aliphatic rings. The number of aromatic nitrogens is 2. The van der Waals surface area contributed by atoms with E-state index in [0.29, 0.717) is 32.0 Å². The Hall–Kier alpha value is -3.08. The van der Waals surface area contributed by atoms with Gasteiger partial charge in [-0.05, 0) is 61.0 Å². The molecule has 0 fully saturated rings. The molecule has 2 atom stereocenters. The number of hydrogen-bond acceptors (Lipinski definition) is 7. The molecular weight excluding hydrogens is 467 g/mol. The highest BCUT2D eigenvalue weighted by atomic mass is 32.2. The van der Waals surface area contributed by atoms with Crippen molar-refractivity contribution >= 4 is 16.0 Å². The number of allylic oxidation sites excluding steroid dienone is 2. The van der Waals surface area contributed by atoms with Gasteiger partial charge in [0, 0.05) is 37.3 Å². The standard InChI is InChI=1S/C25H31FN6O2S/c1-35(33,34)32(13-3-10-27)17-18-4-2-5-19(14-18)23-9-12-29-25(31-23)28-11-8-20-16-30-24-15-21(26)6-7-22(20)24/h2,4-7,9,12,14-16,22,24,30H,3,8,10-11,13,17,27H2,1H3,(H,28,29,31). The first-order valence-electron chi connectivity index (χ1n) is 11.7. The van der Waals surface area contributed by atoms with E-state index in [1.165, 1.54) is 22.2 Å². The number of sulfonamides is 1. The van der Waals surface area contributed by atoms with Gasteiger partial charge >= 0.3 is 0 Å². The lowest BCUT2D eigenvalue weighted by molar-refractivity contribution is 0.405. The first-order valence-corrected chi connectivity index (χ1v) is 13.5. The maximum Gasteiger partial charge on any atom is 0.223 e. The molecule has 1 aliphatic heterocycles. The number of fused-ring (bicyclic) bond motifs is 1. The van der Waals surface area contributed by atoms with Gasteiger partial charge in [0.25, 0.3) is 0 Å². The predicted molar refractivity (Wildman–Crippen MR) is 136 cm³/mol. The zero-order valence-corrected chi connectivity index (χ0v) is 20.5. The van der Waals surface area contributed by atoms with Crippen molar-refractivity contribution in [2.24, 2.45) is 11.7 Å². The van der Waals surface area contributed by atoms with Crippen LogP contribution in [0.15, 0.2) is 72.4 Å². The normalized spacial score (nSPS) is 19.2. The number of benzene rings is 1.